The molecule has 0 aromatic heterocycles. The zero-order valence-electron chi connectivity index (χ0n) is 11.7. The SMILES string of the molecule is CCOP(=O)(OCC)/C(Cl)=C/c1cc([N+](=O)[O-])c(F)cc1Cl. The van der Waals surface area contributed by atoms with Crippen LogP contribution in [0.2, 0.25) is 5.02 Å². The van der Waals surface area contributed by atoms with E-state index < -0.39 is 24.0 Å². The monoisotopic (exact) mass is 371 g/mol. The minimum Gasteiger partial charge on any atom is -0.305 e. The van der Waals surface area contributed by atoms with Crippen LogP contribution in [0.5, 0.6) is 0 Å². The van der Waals surface area contributed by atoms with Crippen molar-refractivity contribution < 1.29 is 22.9 Å². The van der Waals surface area contributed by atoms with Crippen LogP contribution in [-0.4, -0.2) is 18.1 Å². The summed E-state index contributed by atoms with van der Waals surface area (Å²) in [5, 5.41) is 10.6. The fraction of sp³-hybridized carbons (Fsp3) is 0.333. The maximum atomic E-state index is 13.4. The smallest absolute Gasteiger partial charge is 0.305 e. The molecule has 0 aliphatic heterocycles. The minimum atomic E-state index is -3.74. The first kappa shape index (κ1) is 19.1. The lowest BCUT2D eigenvalue weighted by molar-refractivity contribution is -0.387. The van der Waals surface area contributed by atoms with Gasteiger partial charge in [0.1, 0.15) is 4.77 Å². The molecule has 0 fully saturated rings. The molecule has 0 heterocycles. The summed E-state index contributed by atoms with van der Waals surface area (Å²) >= 11 is 11.8. The first-order valence-corrected chi connectivity index (χ1v) is 8.45. The van der Waals surface area contributed by atoms with E-state index in [0.717, 1.165) is 18.2 Å². The Hall–Kier alpha value is -0.980. The second-order valence-corrected chi connectivity index (χ2v) is 6.95. The van der Waals surface area contributed by atoms with Crippen LogP contribution in [0.1, 0.15) is 19.4 Å². The summed E-state index contributed by atoms with van der Waals surface area (Å²) < 4.78 is 35.6. The van der Waals surface area contributed by atoms with Gasteiger partial charge >= 0.3 is 13.3 Å². The van der Waals surface area contributed by atoms with Gasteiger partial charge in [-0.05, 0) is 19.9 Å². The van der Waals surface area contributed by atoms with Gasteiger partial charge in [0.15, 0.2) is 0 Å². The predicted molar refractivity (Wildman–Crippen MR) is 82.8 cm³/mol. The molecule has 1 rings (SSSR count). The van der Waals surface area contributed by atoms with E-state index in [1.165, 1.54) is 0 Å². The van der Waals surface area contributed by atoms with Gasteiger partial charge in [-0.25, -0.2) is 0 Å². The highest BCUT2D eigenvalue weighted by Gasteiger charge is 2.29. The second-order valence-electron chi connectivity index (χ2n) is 3.88. The Kier molecular flexibility index (Phi) is 6.97. The molecule has 6 nitrogen and oxygen atoms in total. The van der Waals surface area contributed by atoms with Gasteiger partial charge in [-0.1, -0.05) is 23.2 Å². The van der Waals surface area contributed by atoms with E-state index in [-0.39, 0.29) is 28.6 Å². The average Bonchev–Trinajstić information content (AvgIpc) is 2.41. The molecule has 0 amide bonds. The Balaban J connectivity index is 3.33. The fourth-order valence-electron chi connectivity index (χ4n) is 1.51. The second kappa shape index (κ2) is 8.04. The standard InChI is InChI=1S/C12H13Cl2FNO5P/c1-3-20-22(19,21-4-2)12(14)6-8-5-11(16(17)18)10(15)7-9(8)13/h5-7H,3-4H2,1-2H3/b12-6+. The van der Waals surface area contributed by atoms with Crippen LogP contribution in [0.25, 0.3) is 6.08 Å². The van der Waals surface area contributed by atoms with Crippen molar-refractivity contribution in [2.24, 2.45) is 0 Å². The van der Waals surface area contributed by atoms with Crippen LogP contribution in [-0.2, 0) is 13.6 Å². The van der Waals surface area contributed by atoms with Gasteiger partial charge < -0.3 is 9.05 Å². The predicted octanol–water partition coefficient (Wildman–Crippen LogP) is 5.19. The molecule has 1 aromatic carbocycles. The number of nitrogens with zero attached hydrogens (tertiary/aromatic N) is 1. The molecule has 10 heteroatoms. The molecule has 0 saturated carbocycles. The quantitative estimate of drug-likeness (QED) is 0.374. The Morgan fingerprint density at radius 1 is 1.41 bits per heavy atom. The van der Waals surface area contributed by atoms with Gasteiger partial charge in [-0.2, -0.15) is 4.39 Å². The van der Waals surface area contributed by atoms with Gasteiger partial charge in [0.2, 0.25) is 5.82 Å². The summed E-state index contributed by atoms with van der Waals surface area (Å²) in [6, 6.07) is 1.67. The summed E-state index contributed by atoms with van der Waals surface area (Å²) in [7, 11) is -3.74. The summed E-state index contributed by atoms with van der Waals surface area (Å²) in [5.74, 6) is -1.08. The van der Waals surface area contributed by atoms with E-state index in [1.807, 2.05) is 0 Å². The molecule has 0 saturated heterocycles. The van der Waals surface area contributed by atoms with Gasteiger partial charge in [0.05, 0.1) is 23.2 Å². The summed E-state index contributed by atoms with van der Waals surface area (Å²) in [6.45, 7) is 3.37. The zero-order chi connectivity index (χ0) is 16.9. The molecular weight excluding hydrogens is 359 g/mol. The molecule has 0 spiro atoms. The number of hydrogen-bond donors (Lipinski definition) is 0. The van der Waals surface area contributed by atoms with Crippen LogP contribution in [0.3, 0.4) is 0 Å². The number of rotatable bonds is 7. The van der Waals surface area contributed by atoms with E-state index >= 15 is 0 Å². The Labute approximate surface area is 136 Å². The lowest BCUT2D eigenvalue weighted by atomic mass is 10.2. The van der Waals surface area contributed by atoms with Crippen LogP contribution < -0.4 is 0 Å². The average molecular weight is 372 g/mol. The van der Waals surface area contributed by atoms with Crippen LogP contribution >= 0.6 is 30.8 Å². The molecule has 0 N–H and O–H groups in total. The lowest BCUT2D eigenvalue weighted by Crippen LogP contribution is -1.97. The molecule has 1 aromatic rings. The van der Waals surface area contributed by atoms with Gasteiger partial charge in [0, 0.05) is 17.7 Å². The molecule has 122 valence electrons. The number of hydrogen-bond acceptors (Lipinski definition) is 5. The van der Waals surface area contributed by atoms with Gasteiger partial charge in [0.25, 0.3) is 0 Å². The van der Waals surface area contributed by atoms with Crippen molar-refractivity contribution in [3.63, 3.8) is 0 Å². The normalized spacial score (nSPS) is 12.5. The van der Waals surface area contributed by atoms with Crippen LogP contribution in [0.4, 0.5) is 10.1 Å². The van der Waals surface area contributed by atoms with Crippen LogP contribution in [0.15, 0.2) is 16.9 Å². The van der Waals surface area contributed by atoms with E-state index in [4.69, 9.17) is 32.2 Å². The van der Waals surface area contributed by atoms with Crippen molar-refractivity contribution in [2.45, 2.75) is 13.8 Å². The van der Waals surface area contributed by atoms with Gasteiger partial charge in [-0.3, -0.25) is 14.7 Å². The number of halogens is 3. The summed E-state index contributed by atoms with van der Waals surface area (Å²) in [5.41, 5.74) is -0.748. The molecule has 0 radical (unpaired) electrons. The molecule has 22 heavy (non-hydrogen) atoms. The highest BCUT2D eigenvalue weighted by Crippen LogP contribution is 2.58. The summed E-state index contributed by atoms with van der Waals surface area (Å²) in [4.78, 5) is 9.84. The van der Waals surface area contributed by atoms with Crippen LogP contribution in [0, 0.1) is 15.9 Å². The van der Waals surface area contributed by atoms with Crippen molar-refractivity contribution in [2.75, 3.05) is 13.2 Å². The third-order valence-corrected chi connectivity index (χ3v) is 5.30. The molecule has 0 aliphatic carbocycles. The number of nitro benzene ring substituents is 1. The topological polar surface area (TPSA) is 78.7 Å². The molecular formula is C12H13Cl2FNO5P. The van der Waals surface area contributed by atoms with Crippen molar-refractivity contribution in [3.8, 4) is 0 Å². The third kappa shape index (κ3) is 4.51. The zero-order valence-corrected chi connectivity index (χ0v) is 14.1. The molecule has 0 unspecified atom stereocenters. The van der Waals surface area contributed by atoms with E-state index in [2.05, 4.69) is 0 Å². The Bertz CT molecular complexity index is 643. The molecule has 0 aliphatic rings. The minimum absolute atomic E-state index is 0.0272. The Morgan fingerprint density at radius 3 is 2.41 bits per heavy atom. The highest BCUT2D eigenvalue weighted by atomic mass is 35.5. The van der Waals surface area contributed by atoms with Crippen molar-refractivity contribution >= 4 is 42.6 Å². The largest absolute Gasteiger partial charge is 0.372 e. The first-order chi connectivity index (χ1) is 10.2. The maximum Gasteiger partial charge on any atom is 0.372 e. The van der Waals surface area contributed by atoms with E-state index in [9.17, 15) is 19.1 Å². The molecule has 0 bridgehead atoms. The van der Waals surface area contributed by atoms with Crippen molar-refractivity contribution in [3.05, 3.63) is 43.4 Å². The summed E-state index contributed by atoms with van der Waals surface area (Å²) in [6.07, 6.45) is 1.10. The lowest BCUT2D eigenvalue weighted by Gasteiger charge is -2.16. The van der Waals surface area contributed by atoms with Crippen molar-refractivity contribution in [1.29, 1.82) is 0 Å². The fourth-order valence-corrected chi connectivity index (χ4v) is 3.43. The first-order valence-electron chi connectivity index (χ1n) is 6.15. The number of benzene rings is 1. The van der Waals surface area contributed by atoms with Gasteiger partial charge in [-0.15, -0.1) is 0 Å². The van der Waals surface area contributed by atoms with Crippen molar-refractivity contribution in [1.82, 2.24) is 0 Å². The third-order valence-electron chi connectivity index (χ3n) is 2.40. The van der Waals surface area contributed by atoms with E-state index in [1.54, 1.807) is 13.8 Å². The maximum absolute atomic E-state index is 13.4. The number of nitro groups is 1. The Morgan fingerprint density at radius 2 is 1.95 bits per heavy atom. The van der Waals surface area contributed by atoms with E-state index in [0.29, 0.717) is 0 Å². The highest BCUT2D eigenvalue weighted by molar-refractivity contribution is 7.61. The molecule has 0 atom stereocenters.